The molecule has 2 aromatic rings. The number of likely N-dealkylation sites (tertiary alicyclic amines) is 1. The summed E-state index contributed by atoms with van der Waals surface area (Å²) >= 11 is 0. The second-order valence-electron chi connectivity index (χ2n) is 7.14. The molecule has 1 aromatic carbocycles. The third-order valence-electron chi connectivity index (χ3n) is 5.01. The zero-order valence-corrected chi connectivity index (χ0v) is 14.9. The second kappa shape index (κ2) is 7.46. The molecule has 8 heteroatoms. The molecule has 2 heterocycles. The number of nitrogens with zero attached hydrogens (tertiary/aromatic N) is 3. The van der Waals surface area contributed by atoms with Crippen LogP contribution in [-0.4, -0.2) is 46.5 Å². The Hall–Kier alpha value is -2.77. The molecule has 1 unspecified atom stereocenters. The lowest BCUT2D eigenvalue weighted by molar-refractivity contribution is -0.134. The summed E-state index contributed by atoms with van der Waals surface area (Å²) in [7, 11) is 0. The summed E-state index contributed by atoms with van der Waals surface area (Å²) < 4.78 is 18.8. The van der Waals surface area contributed by atoms with Crippen molar-refractivity contribution in [1.29, 1.82) is 0 Å². The van der Waals surface area contributed by atoms with E-state index in [4.69, 9.17) is 4.52 Å². The lowest BCUT2D eigenvalue weighted by atomic mass is 9.98. The minimum absolute atomic E-state index is 0.0282. The van der Waals surface area contributed by atoms with E-state index in [1.807, 2.05) is 0 Å². The van der Waals surface area contributed by atoms with Crippen LogP contribution in [-0.2, 0) is 9.59 Å². The van der Waals surface area contributed by atoms with Crippen LogP contribution >= 0.6 is 0 Å². The number of rotatable bonds is 5. The molecule has 7 nitrogen and oxygen atoms in total. The number of piperidine rings is 1. The Kier molecular flexibility index (Phi) is 4.87. The third-order valence-corrected chi connectivity index (χ3v) is 5.01. The molecule has 142 valence electrons. The van der Waals surface area contributed by atoms with Gasteiger partial charge in [0, 0.05) is 24.6 Å². The molecule has 1 saturated carbocycles. The zero-order valence-electron chi connectivity index (χ0n) is 14.9. The summed E-state index contributed by atoms with van der Waals surface area (Å²) in [5.41, 5.74) is 0.552. The van der Waals surface area contributed by atoms with Crippen molar-refractivity contribution in [3.63, 3.8) is 0 Å². The van der Waals surface area contributed by atoms with Crippen molar-refractivity contribution in [2.24, 2.45) is 5.92 Å². The molecule has 1 saturated heterocycles. The first-order valence-corrected chi connectivity index (χ1v) is 9.25. The van der Waals surface area contributed by atoms with Gasteiger partial charge in [0.1, 0.15) is 5.82 Å². The Morgan fingerprint density at radius 2 is 2.15 bits per heavy atom. The van der Waals surface area contributed by atoms with Crippen LogP contribution in [0.4, 0.5) is 4.39 Å². The maximum absolute atomic E-state index is 13.4. The van der Waals surface area contributed by atoms with Gasteiger partial charge < -0.3 is 14.7 Å². The van der Waals surface area contributed by atoms with Crippen LogP contribution in [0.1, 0.15) is 37.5 Å². The largest absolute Gasteiger partial charge is 0.347 e. The molecule has 1 aliphatic heterocycles. The maximum Gasteiger partial charge on any atom is 0.241 e. The Balaban J connectivity index is 1.38. The van der Waals surface area contributed by atoms with Crippen molar-refractivity contribution in [1.82, 2.24) is 20.4 Å². The molecule has 1 N–H and O–H groups in total. The van der Waals surface area contributed by atoms with Crippen LogP contribution in [0.25, 0.3) is 11.4 Å². The average Bonchev–Trinajstić information content (AvgIpc) is 3.42. The molecule has 27 heavy (non-hydrogen) atoms. The summed E-state index contributed by atoms with van der Waals surface area (Å²) in [6, 6.07) is 6.03. The van der Waals surface area contributed by atoms with Gasteiger partial charge in [0.2, 0.25) is 23.5 Å². The second-order valence-corrected chi connectivity index (χ2v) is 7.14. The summed E-state index contributed by atoms with van der Waals surface area (Å²) in [5, 5.41) is 6.66. The van der Waals surface area contributed by atoms with E-state index in [1.165, 1.54) is 12.1 Å². The lowest BCUT2D eigenvalue weighted by Crippen LogP contribution is -2.44. The highest BCUT2D eigenvalue weighted by molar-refractivity contribution is 5.87. The van der Waals surface area contributed by atoms with E-state index in [9.17, 15) is 14.0 Å². The first-order chi connectivity index (χ1) is 13.1. The minimum Gasteiger partial charge on any atom is -0.347 e. The van der Waals surface area contributed by atoms with Crippen LogP contribution in [0.3, 0.4) is 0 Å². The monoisotopic (exact) mass is 372 g/mol. The molecular weight excluding hydrogens is 351 g/mol. The number of carbonyl (C=O) groups is 2. The van der Waals surface area contributed by atoms with E-state index >= 15 is 0 Å². The Bertz CT molecular complexity index is 849. The van der Waals surface area contributed by atoms with Crippen molar-refractivity contribution in [3.05, 3.63) is 36.0 Å². The average molecular weight is 372 g/mol. The Morgan fingerprint density at radius 3 is 2.93 bits per heavy atom. The van der Waals surface area contributed by atoms with Crippen molar-refractivity contribution >= 4 is 11.8 Å². The van der Waals surface area contributed by atoms with Crippen molar-refractivity contribution in [2.45, 2.75) is 31.6 Å². The van der Waals surface area contributed by atoms with Gasteiger partial charge in [-0.25, -0.2) is 4.39 Å². The Labute approximate surface area is 155 Å². The predicted octanol–water partition coefficient (Wildman–Crippen LogP) is 2.11. The number of amides is 2. The Morgan fingerprint density at radius 1 is 1.30 bits per heavy atom. The van der Waals surface area contributed by atoms with Crippen LogP contribution < -0.4 is 5.32 Å². The van der Waals surface area contributed by atoms with E-state index < -0.39 is 0 Å². The van der Waals surface area contributed by atoms with Crippen molar-refractivity contribution in [2.75, 3.05) is 19.6 Å². The van der Waals surface area contributed by atoms with Crippen molar-refractivity contribution in [3.8, 4) is 11.4 Å². The minimum atomic E-state index is -0.360. The molecule has 0 radical (unpaired) electrons. The summed E-state index contributed by atoms with van der Waals surface area (Å²) in [5.74, 6) is 0.329. The molecular formula is C19H21FN4O3. The maximum atomic E-state index is 13.4. The molecule has 1 atom stereocenters. The van der Waals surface area contributed by atoms with Crippen LogP contribution in [0.5, 0.6) is 0 Å². The van der Waals surface area contributed by atoms with Crippen LogP contribution in [0, 0.1) is 11.7 Å². The molecule has 0 spiro atoms. The number of carbonyl (C=O) groups excluding carboxylic acids is 2. The van der Waals surface area contributed by atoms with Gasteiger partial charge in [-0.15, -0.1) is 0 Å². The number of hydrogen-bond donors (Lipinski definition) is 1. The molecule has 1 aliphatic carbocycles. The van der Waals surface area contributed by atoms with E-state index in [2.05, 4.69) is 15.5 Å². The van der Waals surface area contributed by atoms with Gasteiger partial charge in [-0.1, -0.05) is 17.3 Å². The number of nitrogens with one attached hydrogen (secondary N) is 1. The highest BCUT2D eigenvalue weighted by Crippen LogP contribution is 2.29. The molecule has 1 aromatic heterocycles. The summed E-state index contributed by atoms with van der Waals surface area (Å²) in [4.78, 5) is 30.2. The van der Waals surface area contributed by atoms with Crippen molar-refractivity contribution < 1.29 is 18.5 Å². The third kappa shape index (κ3) is 4.15. The number of benzene rings is 1. The normalized spacial score (nSPS) is 19.7. The molecule has 0 bridgehead atoms. The molecule has 4 rings (SSSR count). The molecule has 2 fully saturated rings. The van der Waals surface area contributed by atoms with Gasteiger partial charge in [-0.3, -0.25) is 9.59 Å². The van der Waals surface area contributed by atoms with Gasteiger partial charge >= 0.3 is 0 Å². The first-order valence-electron chi connectivity index (χ1n) is 9.25. The highest BCUT2D eigenvalue weighted by Gasteiger charge is 2.31. The van der Waals surface area contributed by atoms with E-state index in [-0.39, 0.29) is 36.0 Å². The van der Waals surface area contributed by atoms with Crippen LogP contribution in [0.2, 0.25) is 0 Å². The molecule has 2 amide bonds. The summed E-state index contributed by atoms with van der Waals surface area (Å²) in [6.45, 7) is 1.16. The van der Waals surface area contributed by atoms with E-state index in [0.717, 1.165) is 25.7 Å². The fourth-order valence-electron chi connectivity index (χ4n) is 3.32. The predicted molar refractivity (Wildman–Crippen MR) is 94.0 cm³/mol. The first kappa shape index (κ1) is 17.6. The van der Waals surface area contributed by atoms with Gasteiger partial charge in [0.25, 0.3) is 0 Å². The standard InChI is InChI=1S/C19H21FN4O3/c20-15-5-1-3-13(9-15)17-22-19(27-23-17)14-4-2-8-24(11-14)16(25)10-21-18(26)12-6-7-12/h1,3,5,9,12,14H,2,4,6-8,10-11H2,(H,21,26). The highest BCUT2D eigenvalue weighted by atomic mass is 19.1. The van der Waals surface area contributed by atoms with Gasteiger partial charge in [0.05, 0.1) is 12.5 Å². The smallest absolute Gasteiger partial charge is 0.241 e. The zero-order chi connectivity index (χ0) is 18.8. The van der Waals surface area contributed by atoms with Crippen LogP contribution in [0.15, 0.2) is 28.8 Å². The summed E-state index contributed by atoms with van der Waals surface area (Å²) in [6.07, 6.45) is 3.49. The fourth-order valence-corrected chi connectivity index (χ4v) is 3.32. The van der Waals surface area contributed by atoms with E-state index in [1.54, 1.807) is 17.0 Å². The fraction of sp³-hybridized carbons (Fsp3) is 0.474. The SMILES string of the molecule is O=C(NCC(=O)N1CCCC(c2nc(-c3cccc(F)c3)no2)C1)C1CC1. The quantitative estimate of drug-likeness (QED) is 0.868. The van der Waals surface area contributed by atoms with Gasteiger partial charge in [-0.05, 0) is 37.8 Å². The van der Waals surface area contributed by atoms with Gasteiger partial charge in [0.15, 0.2) is 0 Å². The number of hydrogen-bond acceptors (Lipinski definition) is 5. The number of halogens is 1. The van der Waals surface area contributed by atoms with Gasteiger partial charge in [-0.2, -0.15) is 4.98 Å². The topological polar surface area (TPSA) is 88.3 Å². The number of aromatic nitrogens is 2. The molecule has 2 aliphatic rings. The lowest BCUT2D eigenvalue weighted by Gasteiger charge is -2.31. The van der Waals surface area contributed by atoms with E-state index in [0.29, 0.717) is 30.4 Å².